The number of aromatic nitrogens is 1. The number of carbonyl (C=O) groups excluding carboxylic acids is 1. The summed E-state index contributed by atoms with van der Waals surface area (Å²) in [7, 11) is 0. The second kappa shape index (κ2) is 7.29. The fourth-order valence-electron chi connectivity index (χ4n) is 2.55. The number of nitrogens with one attached hydrogen (secondary N) is 1. The molecule has 1 aromatic carbocycles. The summed E-state index contributed by atoms with van der Waals surface area (Å²) < 4.78 is 0. The highest BCUT2D eigenvalue weighted by Crippen LogP contribution is 2.32. The maximum Gasteiger partial charge on any atom is 0.226 e. The summed E-state index contributed by atoms with van der Waals surface area (Å²) in [6.45, 7) is 2.28. The van der Waals surface area contributed by atoms with Crippen molar-refractivity contribution in [1.82, 2.24) is 4.98 Å². The van der Waals surface area contributed by atoms with Crippen LogP contribution in [0.15, 0.2) is 35.2 Å². The molecule has 1 N–H and O–H groups in total. The van der Waals surface area contributed by atoms with Crippen LogP contribution in [0.25, 0.3) is 0 Å². The largest absolute Gasteiger partial charge is 0.302 e. The van der Waals surface area contributed by atoms with Crippen molar-refractivity contribution in [2.75, 3.05) is 11.1 Å². The number of anilines is 1. The second-order valence-corrected chi connectivity index (χ2v) is 7.95. The average molecular weight is 332 g/mol. The minimum Gasteiger partial charge on any atom is -0.302 e. The molecule has 3 rings (SSSR count). The summed E-state index contributed by atoms with van der Waals surface area (Å²) in [5.41, 5.74) is 1.19. The summed E-state index contributed by atoms with van der Waals surface area (Å²) in [4.78, 5) is 19.2. The van der Waals surface area contributed by atoms with Crippen LogP contribution < -0.4 is 5.32 Å². The van der Waals surface area contributed by atoms with Crippen LogP contribution in [0.3, 0.4) is 0 Å². The molecule has 0 saturated carbocycles. The van der Waals surface area contributed by atoms with Gasteiger partial charge in [0, 0.05) is 21.9 Å². The van der Waals surface area contributed by atoms with Crippen LogP contribution in [0.2, 0.25) is 0 Å². The van der Waals surface area contributed by atoms with Crippen molar-refractivity contribution in [2.24, 2.45) is 5.92 Å². The SMILES string of the molecule is C[C@H]1CCc2nc(NC(=O)CCSc3ccccc3)sc2C1. The van der Waals surface area contributed by atoms with Gasteiger partial charge in [-0.2, -0.15) is 0 Å². The third-order valence-corrected chi connectivity index (χ3v) is 5.82. The van der Waals surface area contributed by atoms with Crippen molar-refractivity contribution in [2.45, 2.75) is 37.5 Å². The molecule has 1 aliphatic carbocycles. The quantitative estimate of drug-likeness (QED) is 0.826. The third-order valence-electron chi connectivity index (χ3n) is 3.77. The Labute approximate surface area is 139 Å². The van der Waals surface area contributed by atoms with Crippen LogP contribution in [-0.4, -0.2) is 16.6 Å². The Morgan fingerprint density at radius 2 is 2.23 bits per heavy atom. The summed E-state index contributed by atoms with van der Waals surface area (Å²) >= 11 is 3.36. The fourth-order valence-corrected chi connectivity index (χ4v) is 4.61. The van der Waals surface area contributed by atoms with Gasteiger partial charge in [0.1, 0.15) is 0 Å². The number of thioether (sulfide) groups is 1. The molecular formula is C17H20N2OS2. The maximum atomic E-state index is 12.0. The van der Waals surface area contributed by atoms with E-state index in [2.05, 4.69) is 29.4 Å². The van der Waals surface area contributed by atoms with Gasteiger partial charge in [-0.3, -0.25) is 4.79 Å². The molecule has 0 radical (unpaired) electrons. The first kappa shape index (κ1) is 15.6. The summed E-state index contributed by atoms with van der Waals surface area (Å²) in [5.74, 6) is 1.58. The van der Waals surface area contributed by atoms with E-state index in [-0.39, 0.29) is 5.91 Å². The topological polar surface area (TPSA) is 42.0 Å². The number of thiazole rings is 1. The molecule has 0 unspecified atom stereocenters. The van der Waals surface area contributed by atoms with Crippen molar-refractivity contribution in [1.29, 1.82) is 0 Å². The first-order valence-electron chi connectivity index (χ1n) is 7.67. The summed E-state index contributed by atoms with van der Waals surface area (Å²) in [5, 5.41) is 3.73. The lowest BCUT2D eigenvalue weighted by Gasteiger charge is -2.15. The molecule has 22 heavy (non-hydrogen) atoms. The Kier molecular flexibility index (Phi) is 5.16. The van der Waals surface area contributed by atoms with Crippen LogP contribution >= 0.6 is 23.1 Å². The Balaban J connectivity index is 1.48. The zero-order valence-electron chi connectivity index (χ0n) is 12.7. The van der Waals surface area contributed by atoms with Gasteiger partial charge in [0.05, 0.1) is 5.69 Å². The van der Waals surface area contributed by atoms with E-state index in [9.17, 15) is 4.79 Å². The van der Waals surface area contributed by atoms with Gasteiger partial charge < -0.3 is 5.32 Å². The number of aryl methyl sites for hydroxylation is 1. The maximum absolute atomic E-state index is 12.0. The molecule has 0 saturated heterocycles. The molecule has 0 aliphatic heterocycles. The van der Waals surface area contributed by atoms with E-state index in [1.807, 2.05) is 18.2 Å². The van der Waals surface area contributed by atoms with E-state index < -0.39 is 0 Å². The van der Waals surface area contributed by atoms with Gasteiger partial charge >= 0.3 is 0 Å². The number of nitrogens with zero attached hydrogens (tertiary/aromatic N) is 1. The normalized spacial score (nSPS) is 17.0. The first-order valence-corrected chi connectivity index (χ1v) is 9.47. The summed E-state index contributed by atoms with van der Waals surface area (Å²) in [6.07, 6.45) is 3.87. The molecule has 0 spiro atoms. The van der Waals surface area contributed by atoms with E-state index in [0.717, 1.165) is 29.6 Å². The lowest BCUT2D eigenvalue weighted by molar-refractivity contribution is -0.115. The number of benzene rings is 1. The van der Waals surface area contributed by atoms with Crippen LogP contribution in [0.1, 0.15) is 30.3 Å². The summed E-state index contributed by atoms with van der Waals surface area (Å²) in [6, 6.07) is 10.2. The van der Waals surface area contributed by atoms with Gasteiger partial charge in [-0.15, -0.1) is 23.1 Å². The van der Waals surface area contributed by atoms with Gasteiger partial charge in [0.15, 0.2) is 5.13 Å². The molecule has 2 aromatic rings. The Morgan fingerprint density at radius 1 is 1.41 bits per heavy atom. The van der Waals surface area contributed by atoms with Crippen molar-refractivity contribution >= 4 is 34.1 Å². The van der Waals surface area contributed by atoms with Gasteiger partial charge in [-0.05, 0) is 37.3 Å². The molecule has 1 aliphatic rings. The fraction of sp³-hybridized carbons (Fsp3) is 0.412. The molecular weight excluding hydrogens is 312 g/mol. The molecule has 0 fully saturated rings. The lowest BCUT2D eigenvalue weighted by atomic mass is 9.93. The van der Waals surface area contributed by atoms with Crippen molar-refractivity contribution in [3.63, 3.8) is 0 Å². The van der Waals surface area contributed by atoms with E-state index in [0.29, 0.717) is 6.42 Å². The molecule has 0 bridgehead atoms. The smallest absolute Gasteiger partial charge is 0.226 e. The minimum atomic E-state index is 0.0579. The van der Waals surface area contributed by atoms with Gasteiger partial charge in [-0.25, -0.2) is 4.98 Å². The number of hydrogen-bond donors (Lipinski definition) is 1. The Bertz CT molecular complexity index is 639. The standard InChI is InChI=1S/C17H20N2OS2/c1-12-7-8-14-15(11-12)22-17(18-14)19-16(20)9-10-21-13-5-3-2-4-6-13/h2-6,12H,7-11H2,1H3,(H,18,19,20)/t12-/m0/s1. The lowest BCUT2D eigenvalue weighted by Crippen LogP contribution is -2.12. The monoisotopic (exact) mass is 332 g/mol. The molecule has 5 heteroatoms. The average Bonchev–Trinajstić information content (AvgIpc) is 2.89. The van der Waals surface area contributed by atoms with Crippen molar-refractivity contribution in [3.05, 3.63) is 40.9 Å². The number of hydrogen-bond acceptors (Lipinski definition) is 4. The molecule has 3 nitrogen and oxygen atoms in total. The number of fused-ring (bicyclic) bond motifs is 1. The molecule has 1 aromatic heterocycles. The zero-order chi connectivity index (χ0) is 15.4. The van der Waals surface area contributed by atoms with Crippen LogP contribution in [0, 0.1) is 5.92 Å². The first-order chi connectivity index (χ1) is 10.7. The minimum absolute atomic E-state index is 0.0579. The molecule has 1 heterocycles. The van der Waals surface area contributed by atoms with Gasteiger partial charge in [-0.1, -0.05) is 25.1 Å². The van der Waals surface area contributed by atoms with Crippen LogP contribution in [-0.2, 0) is 17.6 Å². The highest BCUT2D eigenvalue weighted by molar-refractivity contribution is 7.99. The van der Waals surface area contributed by atoms with Crippen molar-refractivity contribution < 1.29 is 4.79 Å². The van der Waals surface area contributed by atoms with E-state index in [1.165, 1.54) is 21.9 Å². The molecule has 1 atom stereocenters. The predicted molar refractivity (Wildman–Crippen MR) is 93.7 cm³/mol. The zero-order valence-corrected chi connectivity index (χ0v) is 14.3. The van der Waals surface area contributed by atoms with Gasteiger partial charge in [0.25, 0.3) is 0 Å². The second-order valence-electron chi connectivity index (χ2n) is 5.70. The van der Waals surface area contributed by atoms with Crippen LogP contribution in [0.5, 0.6) is 0 Å². The number of amides is 1. The van der Waals surface area contributed by atoms with Gasteiger partial charge in [0.2, 0.25) is 5.91 Å². The highest BCUT2D eigenvalue weighted by Gasteiger charge is 2.20. The highest BCUT2D eigenvalue weighted by atomic mass is 32.2. The van der Waals surface area contributed by atoms with E-state index >= 15 is 0 Å². The van der Waals surface area contributed by atoms with Crippen LogP contribution in [0.4, 0.5) is 5.13 Å². The number of rotatable bonds is 5. The predicted octanol–water partition coefficient (Wildman–Crippen LogP) is 4.39. The third kappa shape index (κ3) is 4.11. The Hall–Kier alpha value is -1.33. The molecule has 1 amide bonds. The van der Waals surface area contributed by atoms with Crippen molar-refractivity contribution in [3.8, 4) is 0 Å². The molecule has 116 valence electrons. The number of carbonyl (C=O) groups is 1. The van der Waals surface area contributed by atoms with E-state index in [4.69, 9.17) is 0 Å². The Morgan fingerprint density at radius 3 is 3.05 bits per heavy atom. The van der Waals surface area contributed by atoms with E-state index in [1.54, 1.807) is 23.1 Å².